The number of benzene rings is 2. The van der Waals surface area contributed by atoms with Crippen molar-refractivity contribution < 1.29 is 0 Å². The minimum atomic E-state index is -0.0818. The molecular formula is C17H12BrN3O. The summed E-state index contributed by atoms with van der Waals surface area (Å²) in [4.78, 5) is 17.1. The van der Waals surface area contributed by atoms with Gasteiger partial charge in [0.15, 0.2) is 0 Å². The zero-order chi connectivity index (χ0) is 15.3. The van der Waals surface area contributed by atoms with E-state index in [1.807, 2.05) is 49.4 Å². The molecule has 0 aliphatic heterocycles. The van der Waals surface area contributed by atoms with Gasteiger partial charge in [0.1, 0.15) is 0 Å². The van der Waals surface area contributed by atoms with Crippen molar-refractivity contribution in [1.29, 1.82) is 0 Å². The molecule has 0 fully saturated rings. The second-order valence-corrected chi connectivity index (χ2v) is 6.16. The number of aryl methyl sites for hydroxylation is 1. The molecule has 4 aromatic rings. The second-order valence-electron chi connectivity index (χ2n) is 5.25. The third kappa shape index (κ3) is 1.89. The minimum absolute atomic E-state index is 0.0818. The van der Waals surface area contributed by atoms with Gasteiger partial charge < -0.3 is 0 Å². The quantitative estimate of drug-likeness (QED) is 0.563. The van der Waals surface area contributed by atoms with Crippen molar-refractivity contribution in [2.24, 2.45) is 0 Å². The lowest BCUT2D eigenvalue weighted by atomic mass is 10.2. The zero-order valence-electron chi connectivity index (χ0n) is 11.8. The highest BCUT2D eigenvalue weighted by molar-refractivity contribution is 9.10. The molecule has 0 unspecified atom stereocenters. The summed E-state index contributed by atoms with van der Waals surface area (Å²) in [5.74, 6) is 0. The maximum absolute atomic E-state index is 12.7. The molecule has 0 aliphatic carbocycles. The van der Waals surface area contributed by atoms with Crippen molar-refractivity contribution in [2.75, 3.05) is 0 Å². The average Bonchev–Trinajstić information content (AvgIpc) is 2.85. The predicted molar refractivity (Wildman–Crippen MR) is 91.6 cm³/mol. The van der Waals surface area contributed by atoms with Crippen molar-refractivity contribution in [3.05, 3.63) is 69.1 Å². The molecule has 0 atom stereocenters. The van der Waals surface area contributed by atoms with Crippen LogP contribution in [0.5, 0.6) is 0 Å². The van der Waals surface area contributed by atoms with E-state index in [0.717, 1.165) is 32.1 Å². The van der Waals surface area contributed by atoms with Gasteiger partial charge in [-0.25, -0.2) is 4.68 Å². The van der Waals surface area contributed by atoms with Crippen molar-refractivity contribution in [1.82, 2.24) is 14.8 Å². The van der Waals surface area contributed by atoms with Gasteiger partial charge in [-0.15, -0.1) is 0 Å². The Balaban J connectivity index is 2.11. The summed E-state index contributed by atoms with van der Waals surface area (Å²) >= 11 is 3.45. The van der Waals surface area contributed by atoms with Gasteiger partial charge in [-0.1, -0.05) is 34.1 Å². The van der Waals surface area contributed by atoms with Gasteiger partial charge in [-0.2, -0.15) is 0 Å². The molecule has 0 aliphatic rings. The molecule has 2 aromatic heterocycles. The highest BCUT2D eigenvalue weighted by atomic mass is 79.9. The van der Waals surface area contributed by atoms with E-state index >= 15 is 0 Å². The van der Waals surface area contributed by atoms with Crippen LogP contribution in [0.3, 0.4) is 0 Å². The first-order valence-corrected chi connectivity index (χ1v) is 7.69. The van der Waals surface area contributed by atoms with Gasteiger partial charge in [0.25, 0.3) is 5.56 Å². The zero-order valence-corrected chi connectivity index (χ0v) is 13.4. The Labute approximate surface area is 134 Å². The Kier molecular flexibility index (Phi) is 2.90. The number of H-pyrrole nitrogens is 1. The number of rotatable bonds is 1. The molecule has 0 saturated heterocycles. The summed E-state index contributed by atoms with van der Waals surface area (Å²) in [7, 11) is 0. The molecule has 0 radical (unpaired) electrons. The Bertz CT molecular complexity index is 1080. The van der Waals surface area contributed by atoms with Crippen LogP contribution >= 0.6 is 15.9 Å². The van der Waals surface area contributed by atoms with Crippen LogP contribution in [0.4, 0.5) is 0 Å². The van der Waals surface area contributed by atoms with Crippen LogP contribution in [0.25, 0.3) is 27.5 Å². The Morgan fingerprint density at radius 1 is 1.14 bits per heavy atom. The highest BCUT2D eigenvalue weighted by Crippen LogP contribution is 2.24. The van der Waals surface area contributed by atoms with Crippen LogP contribution in [0.15, 0.2) is 57.9 Å². The molecule has 4 rings (SSSR count). The molecule has 2 aromatic carbocycles. The van der Waals surface area contributed by atoms with Crippen molar-refractivity contribution in [2.45, 2.75) is 6.92 Å². The monoisotopic (exact) mass is 353 g/mol. The maximum atomic E-state index is 12.7. The second kappa shape index (κ2) is 4.81. The van der Waals surface area contributed by atoms with Crippen molar-refractivity contribution in [3.63, 3.8) is 0 Å². The summed E-state index contributed by atoms with van der Waals surface area (Å²) < 4.78 is 2.55. The molecule has 4 nitrogen and oxygen atoms in total. The van der Waals surface area contributed by atoms with Crippen molar-refractivity contribution >= 4 is 37.7 Å². The fourth-order valence-electron chi connectivity index (χ4n) is 2.72. The van der Waals surface area contributed by atoms with Crippen LogP contribution in [0.2, 0.25) is 0 Å². The van der Waals surface area contributed by atoms with E-state index in [1.165, 1.54) is 0 Å². The minimum Gasteiger partial charge on any atom is -0.290 e. The Morgan fingerprint density at radius 2 is 1.95 bits per heavy atom. The molecule has 0 amide bonds. The van der Waals surface area contributed by atoms with Crippen LogP contribution in [-0.4, -0.2) is 14.8 Å². The summed E-state index contributed by atoms with van der Waals surface area (Å²) in [6, 6.07) is 13.7. The Morgan fingerprint density at radius 3 is 2.77 bits per heavy atom. The lowest BCUT2D eigenvalue weighted by Crippen LogP contribution is -2.15. The molecule has 2 heterocycles. The summed E-state index contributed by atoms with van der Waals surface area (Å²) in [6.07, 6.45) is 1.64. The molecule has 5 heteroatoms. The molecule has 0 bridgehead atoms. The van der Waals surface area contributed by atoms with Gasteiger partial charge >= 0.3 is 0 Å². The number of aromatic amines is 1. The lowest BCUT2D eigenvalue weighted by Gasteiger charge is -2.04. The maximum Gasteiger partial charge on any atom is 0.280 e. The van der Waals surface area contributed by atoms with Crippen LogP contribution in [0, 0.1) is 6.92 Å². The number of hydrogen-bond acceptors (Lipinski definition) is 2. The number of halogens is 1. The first-order valence-electron chi connectivity index (χ1n) is 6.90. The van der Waals surface area contributed by atoms with Gasteiger partial charge in [0, 0.05) is 16.1 Å². The van der Waals surface area contributed by atoms with Crippen LogP contribution in [0.1, 0.15) is 5.56 Å². The van der Waals surface area contributed by atoms with Gasteiger partial charge in [-0.3, -0.25) is 14.9 Å². The van der Waals surface area contributed by atoms with Gasteiger partial charge in [0.2, 0.25) is 0 Å². The number of nitrogens with one attached hydrogen (secondary N) is 1. The van der Waals surface area contributed by atoms with E-state index < -0.39 is 0 Å². The standard InChI is InChI=1S/C17H12BrN3O/c1-10-4-2-3-5-15(10)21-17(22)13-9-19-14-8-11(18)6-7-12(14)16(13)20-21/h2-9,20H,1H3. The molecule has 108 valence electrons. The third-order valence-corrected chi connectivity index (χ3v) is 4.34. The molecule has 1 N–H and O–H groups in total. The molecular weight excluding hydrogens is 342 g/mol. The number of nitrogens with zero attached hydrogens (tertiary/aromatic N) is 2. The van der Waals surface area contributed by atoms with Crippen molar-refractivity contribution in [3.8, 4) is 5.69 Å². The fraction of sp³-hybridized carbons (Fsp3) is 0.0588. The number of pyridine rings is 1. The highest BCUT2D eigenvalue weighted by Gasteiger charge is 2.13. The van der Waals surface area contributed by atoms with E-state index in [4.69, 9.17) is 0 Å². The average molecular weight is 354 g/mol. The van der Waals surface area contributed by atoms with E-state index in [0.29, 0.717) is 5.39 Å². The van der Waals surface area contributed by atoms with Crippen LogP contribution < -0.4 is 5.56 Å². The van der Waals surface area contributed by atoms with Crippen LogP contribution in [-0.2, 0) is 0 Å². The van der Waals surface area contributed by atoms with Gasteiger partial charge in [0.05, 0.1) is 22.1 Å². The van der Waals surface area contributed by atoms with E-state index in [-0.39, 0.29) is 5.56 Å². The summed E-state index contributed by atoms with van der Waals surface area (Å²) in [5, 5.41) is 4.76. The largest absolute Gasteiger partial charge is 0.290 e. The summed E-state index contributed by atoms with van der Waals surface area (Å²) in [5.41, 5.74) is 3.47. The fourth-order valence-corrected chi connectivity index (χ4v) is 3.07. The third-order valence-electron chi connectivity index (χ3n) is 3.84. The molecule has 0 saturated carbocycles. The summed E-state index contributed by atoms with van der Waals surface area (Å²) in [6.45, 7) is 1.99. The SMILES string of the molecule is Cc1ccccc1-n1[nH]c2c(cnc3cc(Br)ccc32)c1=O. The smallest absolute Gasteiger partial charge is 0.280 e. The normalized spacial score (nSPS) is 11.4. The Hall–Kier alpha value is -2.40. The molecule has 22 heavy (non-hydrogen) atoms. The first-order chi connectivity index (χ1) is 10.6. The number of fused-ring (bicyclic) bond motifs is 3. The lowest BCUT2D eigenvalue weighted by molar-refractivity contribution is 0.857. The topological polar surface area (TPSA) is 50.7 Å². The van der Waals surface area contributed by atoms with E-state index in [1.54, 1.807) is 10.9 Å². The van der Waals surface area contributed by atoms with E-state index in [9.17, 15) is 4.79 Å². The first kappa shape index (κ1) is 13.3. The van der Waals surface area contributed by atoms with E-state index in [2.05, 4.69) is 26.0 Å². The van der Waals surface area contributed by atoms with Gasteiger partial charge in [-0.05, 0) is 36.8 Å². The number of para-hydroxylation sites is 1. The number of aromatic nitrogens is 3. The molecule has 0 spiro atoms. The number of hydrogen-bond donors (Lipinski definition) is 1. The predicted octanol–water partition coefficient (Wildman–Crippen LogP) is 3.94.